The Hall–Kier alpha value is -1.92. The van der Waals surface area contributed by atoms with Gasteiger partial charge in [0.2, 0.25) is 0 Å². The van der Waals surface area contributed by atoms with Gasteiger partial charge in [0.25, 0.3) is 5.91 Å². The topological polar surface area (TPSA) is 55.1 Å². The lowest BCUT2D eigenvalue weighted by Gasteiger charge is -2.06. The number of nitrogen functional groups attached to an aromatic ring is 1. The molecule has 0 saturated heterocycles. The highest BCUT2D eigenvalue weighted by molar-refractivity contribution is 9.10. The fraction of sp³-hybridized carbons (Fsp3) is 0. The van der Waals surface area contributed by atoms with Crippen molar-refractivity contribution < 1.29 is 9.18 Å². The molecular formula is C15H10BrFN2OS. The number of thiophene rings is 1. The predicted molar refractivity (Wildman–Crippen MR) is 88.3 cm³/mol. The van der Waals surface area contributed by atoms with Gasteiger partial charge in [-0.2, -0.15) is 0 Å². The largest absolute Gasteiger partial charge is 0.399 e. The fourth-order valence-corrected chi connectivity index (χ4v) is 3.27. The molecule has 6 heteroatoms. The molecule has 3 N–H and O–H groups in total. The van der Waals surface area contributed by atoms with Gasteiger partial charge < -0.3 is 11.1 Å². The van der Waals surface area contributed by atoms with Gasteiger partial charge in [-0.3, -0.25) is 4.79 Å². The first-order valence-electron chi connectivity index (χ1n) is 6.08. The van der Waals surface area contributed by atoms with Crippen LogP contribution in [0.2, 0.25) is 0 Å². The van der Waals surface area contributed by atoms with E-state index in [0.717, 1.165) is 14.6 Å². The van der Waals surface area contributed by atoms with E-state index in [2.05, 4.69) is 21.2 Å². The number of anilines is 2. The molecule has 0 aliphatic rings. The Kier molecular flexibility index (Phi) is 3.65. The van der Waals surface area contributed by atoms with Crippen molar-refractivity contribution >= 4 is 54.6 Å². The van der Waals surface area contributed by atoms with Crippen LogP contribution in [0.1, 0.15) is 9.67 Å². The molecule has 0 unspecified atom stereocenters. The number of hydrogen-bond acceptors (Lipinski definition) is 3. The van der Waals surface area contributed by atoms with Gasteiger partial charge in [0, 0.05) is 14.9 Å². The maximum absolute atomic E-state index is 13.2. The summed E-state index contributed by atoms with van der Waals surface area (Å²) in [4.78, 5) is 12.8. The molecule has 3 rings (SSSR count). The molecule has 1 aromatic heterocycles. The summed E-state index contributed by atoms with van der Waals surface area (Å²) in [6, 6.07) is 11.4. The van der Waals surface area contributed by atoms with E-state index in [9.17, 15) is 9.18 Å². The SMILES string of the molecule is Nc1ccc(Br)c(NC(=O)c2cc3ccc(F)cc3s2)c1. The van der Waals surface area contributed by atoms with Crippen molar-refractivity contribution in [3.8, 4) is 0 Å². The average molecular weight is 365 g/mol. The number of amides is 1. The van der Waals surface area contributed by atoms with Crippen LogP contribution in [0.15, 0.2) is 46.9 Å². The van der Waals surface area contributed by atoms with Gasteiger partial charge in [0.05, 0.1) is 10.6 Å². The van der Waals surface area contributed by atoms with E-state index >= 15 is 0 Å². The van der Waals surface area contributed by atoms with Crippen LogP contribution in [0.25, 0.3) is 10.1 Å². The Bertz CT molecular complexity index is 847. The zero-order chi connectivity index (χ0) is 15.0. The average Bonchev–Trinajstić information content (AvgIpc) is 2.86. The molecule has 3 aromatic rings. The highest BCUT2D eigenvalue weighted by atomic mass is 79.9. The van der Waals surface area contributed by atoms with Gasteiger partial charge in [-0.05, 0) is 57.7 Å². The van der Waals surface area contributed by atoms with Crippen molar-refractivity contribution in [3.05, 3.63) is 57.6 Å². The number of carbonyl (C=O) groups is 1. The van der Waals surface area contributed by atoms with Crippen molar-refractivity contribution in [1.29, 1.82) is 0 Å². The summed E-state index contributed by atoms with van der Waals surface area (Å²) in [7, 11) is 0. The van der Waals surface area contributed by atoms with E-state index in [0.29, 0.717) is 16.3 Å². The van der Waals surface area contributed by atoms with Crippen molar-refractivity contribution in [2.45, 2.75) is 0 Å². The van der Waals surface area contributed by atoms with Crippen molar-refractivity contribution in [1.82, 2.24) is 0 Å². The molecule has 0 aliphatic carbocycles. The standard InChI is InChI=1S/C15H10BrFN2OS/c16-11-4-3-10(18)7-12(11)19-15(20)14-5-8-1-2-9(17)6-13(8)21-14/h1-7H,18H2,(H,19,20). The number of halogens is 2. The van der Waals surface area contributed by atoms with Gasteiger partial charge in [-0.15, -0.1) is 11.3 Å². The molecule has 3 nitrogen and oxygen atoms in total. The first-order chi connectivity index (χ1) is 10.0. The van der Waals surface area contributed by atoms with Gasteiger partial charge in [-0.1, -0.05) is 6.07 Å². The van der Waals surface area contributed by atoms with E-state index in [4.69, 9.17) is 5.73 Å². The maximum Gasteiger partial charge on any atom is 0.265 e. The molecule has 2 aromatic carbocycles. The van der Waals surface area contributed by atoms with Crippen LogP contribution in [0.3, 0.4) is 0 Å². The summed E-state index contributed by atoms with van der Waals surface area (Å²) in [6.45, 7) is 0. The summed E-state index contributed by atoms with van der Waals surface area (Å²) in [6.07, 6.45) is 0. The molecule has 0 atom stereocenters. The number of hydrogen-bond donors (Lipinski definition) is 2. The zero-order valence-corrected chi connectivity index (χ0v) is 13.1. The second kappa shape index (κ2) is 5.46. The summed E-state index contributed by atoms with van der Waals surface area (Å²) < 4.78 is 14.7. The summed E-state index contributed by atoms with van der Waals surface area (Å²) in [5.41, 5.74) is 6.87. The van der Waals surface area contributed by atoms with Gasteiger partial charge in [0.1, 0.15) is 5.82 Å². The van der Waals surface area contributed by atoms with E-state index in [1.807, 2.05) is 0 Å². The quantitative estimate of drug-likeness (QED) is 0.650. The van der Waals surface area contributed by atoms with E-state index in [1.54, 1.807) is 30.3 Å². The summed E-state index contributed by atoms with van der Waals surface area (Å²) >= 11 is 4.61. The molecule has 0 aliphatic heterocycles. The molecule has 0 bridgehead atoms. The third-order valence-electron chi connectivity index (χ3n) is 2.94. The lowest BCUT2D eigenvalue weighted by atomic mass is 10.2. The second-order valence-corrected chi connectivity index (χ2v) is 6.42. The van der Waals surface area contributed by atoms with Crippen molar-refractivity contribution in [3.63, 3.8) is 0 Å². The molecule has 21 heavy (non-hydrogen) atoms. The number of benzene rings is 2. The van der Waals surface area contributed by atoms with Gasteiger partial charge >= 0.3 is 0 Å². The van der Waals surface area contributed by atoms with Crippen LogP contribution in [0, 0.1) is 5.82 Å². The highest BCUT2D eigenvalue weighted by Crippen LogP contribution is 2.29. The van der Waals surface area contributed by atoms with Gasteiger partial charge in [-0.25, -0.2) is 4.39 Å². The Labute approximate surface area is 132 Å². The van der Waals surface area contributed by atoms with E-state index in [-0.39, 0.29) is 11.7 Å². The van der Waals surface area contributed by atoms with Crippen molar-refractivity contribution in [2.24, 2.45) is 0 Å². The number of carbonyl (C=O) groups excluding carboxylic acids is 1. The van der Waals surface area contributed by atoms with Crippen LogP contribution in [0.4, 0.5) is 15.8 Å². The van der Waals surface area contributed by atoms with Crippen LogP contribution in [-0.2, 0) is 0 Å². The zero-order valence-electron chi connectivity index (χ0n) is 10.7. The minimum Gasteiger partial charge on any atom is -0.399 e. The second-order valence-electron chi connectivity index (χ2n) is 4.49. The molecular weight excluding hydrogens is 355 g/mol. The fourth-order valence-electron chi connectivity index (χ4n) is 1.94. The Balaban J connectivity index is 1.91. The first kappa shape index (κ1) is 14.0. The minimum atomic E-state index is -0.310. The number of nitrogens with one attached hydrogen (secondary N) is 1. The lowest BCUT2D eigenvalue weighted by molar-refractivity contribution is 0.103. The summed E-state index contributed by atoms with van der Waals surface area (Å²) in [5.74, 6) is -0.558. The molecule has 0 fully saturated rings. The number of fused-ring (bicyclic) bond motifs is 1. The molecule has 0 saturated carbocycles. The molecule has 0 radical (unpaired) electrons. The van der Waals surface area contributed by atoms with Gasteiger partial charge in [0.15, 0.2) is 0 Å². The highest BCUT2D eigenvalue weighted by Gasteiger charge is 2.12. The number of nitrogens with two attached hydrogens (primary N) is 1. The smallest absolute Gasteiger partial charge is 0.265 e. The molecule has 0 spiro atoms. The van der Waals surface area contributed by atoms with Crippen LogP contribution in [-0.4, -0.2) is 5.91 Å². The molecule has 106 valence electrons. The van der Waals surface area contributed by atoms with Crippen LogP contribution >= 0.6 is 27.3 Å². The van der Waals surface area contributed by atoms with E-state index < -0.39 is 0 Å². The maximum atomic E-state index is 13.2. The van der Waals surface area contributed by atoms with Crippen LogP contribution < -0.4 is 11.1 Å². The first-order valence-corrected chi connectivity index (χ1v) is 7.69. The van der Waals surface area contributed by atoms with E-state index in [1.165, 1.54) is 23.5 Å². The normalized spacial score (nSPS) is 10.8. The predicted octanol–water partition coefficient (Wildman–Crippen LogP) is 4.64. The van der Waals surface area contributed by atoms with Crippen LogP contribution in [0.5, 0.6) is 0 Å². The Morgan fingerprint density at radius 3 is 2.81 bits per heavy atom. The third-order valence-corrected chi connectivity index (χ3v) is 4.73. The third kappa shape index (κ3) is 2.91. The Morgan fingerprint density at radius 2 is 2.00 bits per heavy atom. The Morgan fingerprint density at radius 1 is 1.19 bits per heavy atom. The monoisotopic (exact) mass is 364 g/mol. The lowest BCUT2D eigenvalue weighted by Crippen LogP contribution is -2.10. The molecule has 1 heterocycles. The summed E-state index contributed by atoms with van der Waals surface area (Å²) in [5, 5.41) is 3.64. The number of rotatable bonds is 2. The minimum absolute atomic E-state index is 0.247. The molecule has 1 amide bonds. The van der Waals surface area contributed by atoms with Crippen molar-refractivity contribution in [2.75, 3.05) is 11.1 Å².